The summed E-state index contributed by atoms with van der Waals surface area (Å²) < 4.78 is 68.3. The molecule has 0 radical (unpaired) electrons. The van der Waals surface area contributed by atoms with Gasteiger partial charge in [-0.2, -0.15) is 19.4 Å². The molecule has 4 rings (SSSR count). The first-order chi connectivity index (χ1) is 30.9. The number of imidazole rings is 1. The molecule has 1 fully saturated rings. The number of aliphatic hydroxyl groups is 1. The second-order valence-electron chi connectivity index (χ2n) is 16.5. The summed E-state index contributed by atoms with van der Waals surface area (Å²) in [5, 5.41) is 14.0. The average molecular weight is 909 g/mol. The molecule has 350 valence electrons. The molecule has 3 aromatic rings. The Labute approximate surface area is 378 Å². The summed E-state index contributed by atoms with van der Waals surface area (Å²) in [6.45, 7) is 3.24. The highest BCUT2D eigenvalue weighted by molar-refractivity contribution is 7.52. The molecule has 0 spiro atoms. The Balaban J connectivity index is 1.33. The number of ether oxygens (including phenoxy) is 2. The van der Waals surface area contributed by atoms with E-state index < -0.39 is 56.2 Å². The number of benzene rings is 1. The van der Waals surface area contributed by atoms with E-state index in [9.17, 15) is 23.2 Å². The van der Waals surface area contributed by atoms with Crippen molar-refractivity contribution in [3.8, 4) is 30.4 Å². The topological polar surface area (TPSA) is 173 Å². The molecule has 0 amide bonds. The molecular formula is C48H67F2N6O7P. The number of halogens is 2. The Morgan fingerprint density at radius 1 is 1.02 bits per heavy atom. The molecule has 1 saturated heterocycles. The monoisotopic (exact) mass is 908 g/mol. The van der Waals surface area contributed by atoms with Crippen LogP contribution in [0.1, 0.15) is 148 Å². The van der Waals surface area contributed by atoms with Crippen LogP contribution in [0.3, 0.4) is 0 Å². The minimum absolute atomic E-state index is 0.000911. The predicted octanol–water partition coefficient (Wildman–Crippen LogP) is 10.8. The highest BCUT2D eigenvalue weighted by atomic mass is 31.2. The average Bonchev–Trinajstić information content (AvgIpc) is 3.84. The van der Waals surface area contributed by atoms with Gasteiger partial charge in [-0.3, -0.25) is 13.9 Å². The number of hydrogen-bond donors (Lipinski definition) is 3. The molecule has 5 atom stereocenters. The molecule has 13 nitrogen and oxygen atoms in total. The van der Waals surface area contributed by atoms with Gasteiger partial charge in [0.2, 0.25) is 0 Å². The number of nitrogens with zero attached hydrogens (tertiary/aromatic N) is 4. The van der Waals surface area contributed by atoms with E-state index in [4.69, 9.17) is 37.1 Å². The van der Waals surface area contributed by atoms with Gasteiger partial charge in [-0.25, -0.2) is 13.9 Å². The number of nitrogens with one attached hydrogen (secondary N) is 1. The zero-order chi connectivity index (χ0) is 46.2. The molecule has 64 heavy (non-hydrogen) atoms. The van der Waals surface area contributed by atoms with Gasteiger partial charge in [-0.15, -0.1) is 12.8 Å². The van der Waals surface area contributed by atoms with Crippen molar-refractivity contribution in [3.05, 3.63) is 66.3 Å². The van der Waals surface area contributed by atoms with Crippen molar-refractivity contribution >= 4 is 30.7 Å². The van der Waals surface area contributed by atoms with Crippen LogP contribution in [0.15, 0.2) is 60.2 Å². The van der Waals surface area contributed by atoms with Crippen LogP contribution in [0, 0.1) is 30.8 Å². The number of esters is 1. The summed E-state index contributed by atoms with van der Waals surface area (Å²) in [4.78, 5) is 25.1. The van der Waals surface area contributed by atoms with Gasteiger partial charge in [0.1, 0.15) is 36.6 Å². The number of aromatic nitrogens is 4. The van der Waals surface area contributed by atoms with Crippen LogP contribution in [-0.2, 0) is 23.4 Å². The molecular weight excluding hydrogens is 842 g/mol. The number of nitrogen functional groups attached to an aromatic ring is 1. The van der Waals surface area contributed by atoms with Gasteiger partial charge < -0.3 is 24.8 Å². The molecule has 1 aliphatic heterocycles. The van der Waals surface area contributed by atoms with E-state index in [1.165, 1.54) is 113 Å². The lowest BCUT2D eigenvalue weighted by Crippen LogP contribution is -2.44. The first-order valence-electron chi connectivity index (χ1n) is 22.8. The number of aliphatic hydroxyl groups excluding tert-OH is 1. The molecule has 1 unspecified atom stereocenters. The smallest absolute Gasteiger partial charge is 0.459 e. The van der Waals surface area contributed by atoms with E-state index >= 15 is 0 Å². The Morgan fingerprint density at radius 2 is 1.61 bits per heavy atom. The third kappa shape index (κ3) is 17.1. The SMILES string of the molecule is C#C/C=C(F)\C=C(/C)C[C@H](NP(=O)(OC[C@@]1(C#C)O[C@@H](n2cnc3c(N)nc(F)nc32)C[C@@H]1O)Oc1ccccc1)C(=O)OCCCCCCCCCCCCCCCCCCCC. The summed E-state index contributed by atoms with van der Waals surface area (Å²) in [7, 11) is -4.61. The molecule has 0 saturated carbocycles. The van der Waals surface area contributed by atoms with Crippen LogP contribution in [-0.4, -0.2) is 61.6 Å². The lowest BCUT2D eigenvalue weighted by Gasteiger charge is -2.30. The summed E-state index contributed by atoms with van der Waals surface area (Å²) >= 11 is 0. The van der Waals surface area contributed by atoms with Crippen molar-refractivity contribution in [2.24, 2.45) is 0 Å². The molecule has 2 aromatic heterocycles. The maximum absolute atomic E-state index is 14.7. The molecule has 4 N–H and O–H groups in total. The van der Waals surface area contributed by atoms with Gasteiger partial charge in [0, 0.05) is 12.5 Å². The van der Waals surface area contributed by atoms with Gasteiger partial charge in [-0.05, 0) is 38.0 Å². The summed E-state index contributed by atoms with van der Waals surface area (Å²) in [6, 6.07) is 6.70. The lowest BCUT2D eigenvalue weighted by atomic mass is 9.99. The quantitative estimate of drug-likeness (QED) is 0.0139. The first kappa shape index (κ1) is 52.0. The van der Waals surface area contributed by atoms with Crippen molar-refractivity contribution in [3.63, 3.8) is 0 Å². The second-order valence-corrected chi connectivity index (χ2v) is 18.2. The Kier molecular flexibility index (Phi) is 22.5. The van der Waals surface area contributed by atoms with Crippen LogP contribution >= 0.6 is 7.75 Å². The molecule has 1 aromatic carbocycles. The number of hydrogen-bond acceptors (Lipinski definition) is 11. The third-order valence-corrected chi connectivity index (χ3v) is 12.7. The van der Waals surface area contributed by atoms with E-state index in [1.54, 1.807) is 25.1 Å². The van der Waals surface area contributed by atoms with Crippen molar-refractivity contribution < 1.29 is 41.8 Å². The number of para-hydroxylation sites is 1. The fourth-order valence-electron chi connectivity index (χ4n) is 7.62. The van der Waals surface area contributed by atoms with E-state index in [2.05, 4.69) is 38.8 Å². The van der Waals surface area contributed by atoms with Gasteiger partial charge in [0.05, 0.1) is 12.9 Å². The van der Waals surface area contributed by atoms with Crippen molar-refractivity contribution in [2.75, 3.05) is 18.9 Å². The summed E-state index contributed by atoms with van der Waals surface area (Å²) in [5.41, 5.74) is 4.38. The van der Waals surface area contributed by atoms with Crippen LogP contribution in [0.4, 0.5) is 14.6 Å². The van der Waals surface area contributed by atoms with Crippen LogP contribution in [0.5, 0.6) is 5.75 Å². The standard InChI is InChI=1S/C48H67F2N6O7P/c1-5-8-9-10-11-12-13-14-15-16-17-18-19-20-21-22-23-27-31-60-46(58)40(33-37(4)32-38(49)28-6-2)55-64(59,63-39-29-25-24-26-30-39)61-35-48(7-3)41(57)34-42(62-48)56-36-52-43-44(51)53-47(50)54-45(43)56/h2-3,24-26,28-30,32,36,40-42,57H,5,8-23,27,31,33-35H2,1,4H3,(H,55,59)(H2,51,53,54)/b37-32+,38-28+/t40-,41-,42+,48+,64?/m0/s1. The number of carbonyl (C=O) groups is 1. The Hall–Kier alpha value is -4.63. The molecule has 3 heterocycles. The number of anilines is 1. The minimum Gasteiger partial charge on any atom is -0.465 e. The van der Waals surface area contributed by atoms with Crippen LogP contribution in [0.25, 0.3) is 11.2 Å². The zero-order valence-electron chi connectivity index (χ0n) is 37.5. The van der Waals surface area contributed by atoms with Crippen molar-refractivity contribution in [1.29, 1.82) is 0 Å². The fraction of sp³-hybridized carbons (Fsp3) is 0.583. The number of fused-ring (bicyclic) bond motifs is 1. The molecule has 0 aliphatic carbocycles. The highest BCUT2D eigenvalue weighted by Crippen LogP contribution is 2.48. The number of rotatable bonds is 31. The van der Waals surface area contributed by atoms with Crippen LogP contribution < -0.4 is 15.3 Å². The number of terminal acetylenes is 2. The molecule has 1 aliphatic rings. The van der Waals surface area contributed by atoms with Crippen LogP contribution in [0.2, 0.25) is 0 Å². The third-order valence-electron chi connectivity index (χ3n) is 11.2. The van der Waals surface area contributed by atoms with Gasteiger partial charge in [-0.1, -0.05) is 152 Å². The van der Waals surface area contributed by atoms with Gasteiger partial charge in [0.25, 0.3) is 0 Å². The van der Waals surface area contributed by atoms with E-state index in [1.807, 2.05) is 0 Å². The zero-order valence-corrected chi connectivity index (χ0v) is 38.4. The fourth-order valence-corrected chi connectivity index (χ4v) is 9.14. The number of allylic oxidation sites excluding steroid dienone is 3. The largest absolute Gasteiger partial charge is 0.465 e. The lowest BCUT2D eigenvalue weighted by molar-refractivity contribution is -0.146. The van der Waals surface area contributed by atoms with Gasteiger partial charge in [0.15, 0.2) is 22.6 Å². The van der Waals surface area contributed by atoms with E-state index in [0.29, 0.717) is 12.0 Å². The minimum atomic E-state index is -4.61. The van der Waals surface area contributed by atoms with Crippen molar-refractivity contribution in [2.45, 2.75) is 166 Å². The van der Waals surface area contributed by atoms with Gasteiger partial charge >= 0.3 is 19.8 Å². The maximum atomic E-state index is 14.7. The Morgan fingerprint density at radius 3 is 2.19 bits per heavy atom. The Bertz CT molecular complexity index is 2090. The van der Waals surface area contributed by atoms with E-state index in [0.717, 1.165) is 31.4 Å². The number of carbonyl (C=O) groups excluding carboxylic acids is 1. The normalized spacial score (nSPS) is 19.2. The highest BCUT2D eigenvalue weighted by Gasteiger charge is 2.50. The first-order valence-corrected chi connectivity index (χ1v) is 24.4. The molecule has 16 heteroatoms. The second kappa shape index (κ2) is 27.6. The van der Waals surface area contributed by atoms with Crippen molar-refractivity contribution in [1.82, 2.24) is 24.6 Å². The summed E-state index contributed by atoms with van der Waals surface area (Å²) in [6.07, 6.45) is 32.8. The van der Waals surface area contributed by atoms with E-state index in [-0.39, 0.29) is 42.2 Å². The molecule has 0 bridgehead atoms. The predicted molar refractivity (Wildman–Crippen MR) is 246 cm³/mol. The maximum Gasteiger partial charge on any atom is 0.459 e. The number of unbranched alkanes of at least 4 members (excludes halogenated alkanes) is 17. The number of nitrogens with two attached hydrogens (primary N) is 1. The summed E-state index contributed by atoms with van der Waals surface area (Å²) in [5.74, 6) is 2.96.